The van der Waals surface area contributed by atoms with E-state index >= 15 is 0 Å². The van der Waals surface area contributed by atoms with E-state index in [2.05, 4.69) is 0 Å². The molecule has 1 aliphatic rings. The van der Waals surface area contributed by atoms with Gasteiger partial charge in [-0.2, -0.15) is 0 Å². The van der Waals surface area contributed by atoms with Crippen molar-refractivity contribution in [3.63, 3.8) is 0 Å². The maximum atomic E-state index is 13.6. The zero-order chi connectivity index (χ0) is 31.8. The van der Waals surface area contributed by atoms with Gasteiger partial charge in [0.05, 0.1) is 8.22 Å². The lowest BCUT2D eigenvalue weighted by molar-refractivity contribution is -0.138. The van der Waals surface area contributed by atoms with E-state index in [-0.39, 0.29) is 0 Å². The fraction of sp³-hybridized carbons (Fsp3) is 0.571. The Morgan fingerprint density at radius 2 is 2.19 bits per heavy atom. The number of rotatable bonds is 6. The lowest BCUT2D eigenvalue weighted by Gasteiger charge is -2.26. The van der Waals surface area contributed by atoms with Gasteiger partial charge in [0.15, 0.2) is 5.78 Å². The number of Topliss-reactive ketones (excluding diaryl/α,β-unsaturated/α-hetero) is 1. The molecular formula is C21H30N2O4. The van der Waals surface area contributed by atoms with Crippen molar-refractivity contribution >= 4 is 17.6 Å². The second kappa shape index (κ2) is 8.65. The first-order valence-corrected chi connectivity index (χ1v) is 8.05. The quantitative estimate of drug-likeness (QED) is 0.780. The Bertz CT molecular complexity index is 1260. The van der Waals surface area contributed by atoms with E-state index in [0.717, 1.165) is 27.8 Å². The highest BCUT2D eigenvalue weighted by molar-refractivity contribution is 5.93. The number of benzene rings is 1. The van der Waals surface area contributed by atoms with Gasteiger partial charge in [-0.25, -0.2) is 0 Å². The molecule has 5 atom stereocenters. The van der Waals surface area contributed by atoms with Crippen LogP contribution in [0.4, 0.5) is 0 Å². The van der Waals surface area contributed by atoms with Crippen molar-refractivity contribution in [1.82, 2.24) is 10.2 Å². The smallest absolute Gasteiger partial charge is 0.249 e. The van der Waals surface area contributed by atoms with Crippen molar-refractivity contribution in [2.24, 2.45) is 11.8 Å². The monoisotopic (exact) mass is 387 g/mol. The number of carbonyl (C=O) groups excluding carboxylic acids is 3. The number of nitrogens with one attached hydrogen (secondary N) is 1. The van der Waals surface area contributed by atoms with Gasteiger partial charge in [0.1, 0.15) is 12.1 Å². The van der Waals surface area contributed by atoms with Gasteiger partial charge < -0.3 is 15.3 Å². The number of ketones is 1. The van der Waals surface area contributed by atoms with Crippen molar-refractivity contribution < 1.29 is 37.3 Å². The number of hydrogen-bond acceptors (Lipinski definition) is 4. The Labute approximate surface area is 179 Å². The van der Waals surface area contributed by atoms with Crippen LogP contribution in [0.25, 0.3) is 0 Å². The summed E-state index contributed by atoms with van der Waals surface area (Å²) >= 11 is 0. The number of hydrogen-bond donors (Lipinski definition) is 2. The normalized spacial score (nSPS) is 40.1. The topological polar surface area (TPSA) is 86.7 Å². The summed E-state index contributed by atoms with van der Waals surface area (Å²) in [6.07, 6.45) is -6.67. The molecule has 0 fully saturated rings. The average Bonchev–Trinajstić information content (AvgIpc) is 2.83. The highest BCUT2D eigenvalue weighted by Gasteiger charge is 2.34. The molecule has 2 unspecified atom stereocenters. The Kier molecular flexibility index (Phi) is 2.99. The average molecular weight is 388 g/mol. The minimum Gasteiger partial charge on any atom is -0.385 e. The summed E-state index contributed by atoms with van der Waals surface area (Å²) in [7, 11) is 0.925. The van der Waals surface area contributed by atoms with Crippen LogP contribution in [-0.2, 0) is 20.8 Å². The zero-order valence-electron chi connectivity index (χ0n) is 28.4. The van der Waals surface area contributed by atoms with E-state index in [1.54, 1.807) is 0 Å². The van der Waals surface area contributed by atoms with Crippen LogP contribution in [0.5, 0.6) is 0 Å². The molecule has 0 saturated heterocycles. The highest BCUT2D eigenvalue weighted by Crippen LogP contribution is 2.27. The van der Waals surface area contributed by atoms with E-state index in [4.69, 9.17) is 17.8 Å². The molecule has 0 saturated carbocycles. The maximum Gasteiger partial charge on any atom is 0.249 e. The maximum absolute atomic E-state index is 13.6. The van der Waals surface area contributed by atoms with E-state index in [0.29, 0.717) is 4.90 Å². The van der Waals surface area contributed by atoms with Crippen molar-refractivity contribution in [1.29, 1.82) is 0 Å². The number of carbonyl (C=O) groups is 3. The predicted octanol–water partition coefficient (Wildman–Crippen LogP) is 1.86. The second-order valence-electron chi connectivity index (χ2n) is 6.16. The molecule has 1 aromatic carbocycles. The number of fused-ring (bicyclic) bond motifs is 1. The first-order valence-electron chi connectivity index (χ1n) is 14.5. The minimum atomic E-state index is -3.23. The van der Waals surface area contributed by atoms with Crippen LogP contribution in [0.15, 0.2) is 24.2 Å². The van der Waals surface area contributed by atoms with Crippen LogP contribution >= 0.6 is 0 Å². The highest BCUT2D eigenvalue weighted by atomic mass is 16.3. The summed E-state index contributed by atoms with van der Waals surface area (Å²) in [5, 5.41) is 12.1. The van der Waals surface area contributed by atoms with Gasteiger partial charge >= 0.3 is 0 Å². The number of aliphatic hydroxyl groups excluding tert-OH is 1. The third-order valence-electron chi connectivity index (χ3n) is 4.05. The van der Waals surface area contributed by atoms with Crippen LogP contribution in [0.2, 0.25) is 0 Å². The molecule has 2 rings (SSSR count). The summed E-state index contributed by atoms with van der Waals surface area (Å²) in [6, 6.07) is -9.75. The first kappa shape index (κ1) is 9.32. The van der Waals surface area contributed by atoms with Gasteiger partial charge in [-0.3, -0.25) is 14.4 Å². The zero-order valence-corrected chi connectivity index (χ0v) is 15.4. The lowest BCUT2D eigenvalue weighted by atomic mass is 9.94. The largest absolute Gasteiger partial charge is 0.385 e. The molecule has 0 bridgehead atoms. The van der Waals surface area contributed by atoms with Gasteiger partial charge in [-0.05, 0) is 30.3 Å². The summed E-state index contributed by atoms with van der Waals surface area (Å²) < 4.78 is 106. The molecule has 1 aromatic rings. The Morgan fingerprint density at radius 1 is 1.52 bits per heavy atom. The van der Waals surface area contributed by atoms with Crippen molar-refractivity contribution in [3.8, 4) is 0 Å². The SMILES string of the molecule is [2H]c1c([2H])c([2H])c2c(c1[2H])C([2H])([2H])C([2H])(C)N(C)C(=O)[C@@]2([2H])NC(=O)[C@]([2H])(C)CC(=O)[C@@H](O)C([2H])(C)C([2H])([2H])[2H]. The Hall–Kier alpha value is -2.21. The molecule has 0 spiro atoms. The van der Waals surface area contributed by atoms with Crippen molar-refractivity contribution in [3.05, 3.63) is 35.3 Å². The van der Waals surface area contributed by atoms with Gasteiger partial charge in [0.2, 0.25) is 11.8 Å². The van der Waals surface area contributed by atoms with E-state index < -0.39 is 102 Å². The molecule has 0 aromatic heterocycles. The number of likely N-dealkylation sites (N-methyl/N-ethyl adjacent to an activating group) is 1. The fourth-order valence-corrected chi connectivity index (χ4v) is 2.30. The van der Waals surface area contributed by atoms with Gasteiger partial charge in [0.25, 0.3) is 0 Å². The molecular weight excluding hydrogens is 344 g/mol. The van der Waals surface area contributed by atoms with E-state index in [1.165, 1.54) is 0 Å². The summed E-state index contributed by atoms with van der Waals surface area (Å²) in [5.41, 5.74) is -1.95. The molecule has 2 N–H and O–H groups in total. The van der Waals surface area contributed by atoms with Crippen LogP contribution < -0.4 is 5.32 Å². The van der Waals surface area contributed by atoms with Crippen LogP contribution in [0, 0.1) is 11.8 Å². The predicted molar refractivity (Wildman–Crippen MR) is 103 cm³/mol. The standard InChI is InChI=1S/C21H30N2O4/c1-12(2)19(25)17(24)10-13(3)20(26)22-18-16-9-7-6-8-15(16)11-14(4)23(5)21(18)27/h6-9,12-14,18-19,25H,10-11H2,1-5H3,(H,22,26)/t13-,14?,18+,19+/m1/s1/i1D3,6D,7D,8D,9D,11D2,12D,13D,14D,18D/t12?,13-,14?,18+,19+. The third-order valence-corrected chi connectivity index (χ3v) is 4.05. The lowest BCUT2D eigenvalue weighted by Crippen LogP contribution is -2.44. The van der Waals surface area contributed by atoms with Gasteiger partial charge in [-0.15, -0.1) is 0 Å². The van der Waals surface area contributed by atoms with Crippen LogP contribution in [0.3, 0.4) is 0 Å². The first-order chi connectivity index (χ1) is 17.6. The third kappa shape index (κ3) is 4.75. The molecule has 0 radical (unpaired) electrons. The molecule has 6 heteroatoms. The summed E-state index contributed by atoms with van der Waals surface area (Å²) in [6.45, 7) is -0.604. The second-order valence-corrected chi connectivity index (χ2v) is 6.16. The van der Waals surface area contributed by atoms with Crippen molar-refractivity contribution in [2.75, 3.05) is 7.05 Å². The Morgan fingerprint density at radius 3 is 2.85 bits per heavy atom. The number of nitrogens with zero attached hydrogens (tertiary/aromatic N) is 1. The fourth-order valence-electron chi connectivity index (χ4n) is 2.30. The number of aliphatic hydroxyl groups is 1. The molecule has 2 amide bonds. The molecule has 27 heavy (non-hydrogen) atoms. The van der Waals surface area contributed by atoms with Crippen LogP contribution in [0.1, 0.15) is 69.0 Å². The molecule has 1 aliphatic heterocycles. The molecule has 148 valence electrons. The van der Waals surface area contributed by atoms with Gasteiger partial charge in [-0.1, -0.05) is 44.9 Å². The minimum absolute atomic E-state index is 0.435. The molecule has 6 nitrogen and oxygen atoms in total. The Balaban J connectivity index is 2.70. The van der Waals surface area contributed by atoms with E-state index in [9.17, 15) is 19.5 Å². The van der Waals surface area contributed by atoms with Crippen LogP contribution in [-0.4, -0.2) is 46.8 Å². The number of amides is 2. The molecule has 1 heterocycles. The van der Waals surface area contributed by atoms with Gasteiger partial charge in [0, 0.05) is 35.0 Å². The van der Waals surface area contributed by atoms with Crippen molar-refractivity contribution in [2.45, 2.75) is 58.6 Å². The summed E-state index contributed by atoms with van der Waals surface area (Å²) in [5.74, 6) is -9.77. The summed E-state index contributed by atoms with van der Waals surface area (Å²) in [4.78, 5) is 39.9. The molecule has 0 aliphatic carbocycles. The van der Waals surface area contributed by atoms with E-state index in [1.807, 2.05) is 5.32 Å².